The standard InChI is InChI=1S/C13H15BrFNO3/c14-11-9(13(17)18)1-2-10(12(11)15)16-5-3-8-4-6-19-7-8/h1-2,8,16H,3-7H2,(H,17,18). The lowest BCUT2D eigenvalue weighted by atomic mass is 10.1. The van der Waals surface area contributed by atoms with Crippen molar-refractivity contribution in [3.8, 4) is 0 Å². The number of carbonyl (C=O) groups is 1. The Morgan fingerprint density at radius 1 is 1.58 bits per heavy atom. The quantitative estimate of drug-likeness (QED) is 0.870. The highest BCUT2D eigenvalue weighted by atomic mass is 79.9. The highest BCUT2D eigenvalue weighted by Gasteiger charge is 2.17. The van der Waals surface area contributed by atoms with Crippen LogP contribution in [-0.2, 0) is 4.74 Å². The molecule has 0 bridgehead atoms. The highest BCUT2D eigenvalue weighted by molar-refractivity contribution is 9.10. The van der Waals surface area contributed by atoms with Crippen molar-refractivity contribution < 1.29 is 19.0 Å². The first-order valence-electron chi connectivity index (χ1n) is 6.12. The van der Waals surface area contributed by atoms with Gasteiger partial charge in [0.1, 0.15) is 0 Å². The third-order valence-corrected chi connectivity index (χ3v) is 3.98. The molecule has 0 amide bonds. The minimum absolute atomic E-state index is 0.0193. The second-order valence-electron chi connectivity index (χ2n) is 4.54. The third-order valence-electron chi connectivity index (χ3n) is 3.20. The minimum atomic E-state index is -1.15. The van der Waals surface area contributed by atoms with Crippen LogP contribution in [-0.4, -0.2) is 30.8 Å². The van der Waals surface area contributed by atoms with Crippen LogP contribution in [0.5, 0.6) is 0 Å². The van der Waals surface area contributed by atoms with E-state index in [2.05, 4.69) is 21.2 Å². The van der Waals surface area contributed by atoms with Crippen molar-refractivity contribution in [1.82, 2.24) is 0 Å². The van der Waals surface area contributed by atoms with Gasteiger partial charge in [0.25, 0.3) is 0 Å². The van der Waals surface area contributed by atoms with Gasteiger partial charge >= 0.3 is 5.97 Å². The van der Waals surface area contributed by atoms with E-state index in [9.17, 15) is 9.18 Å². The maximum absolute atomic E-state index is 13.9. The van der Waals surface area contributed by atoms with Crippen LogP contribution < -0.4 is 5.32 Å². The van der Waals surface area contributed by atoms with Crippen LogP contribution in [0.25, 0.3) is 0 Å². The molecule has 19 heavy (non-hydrogen) atoms. The molecule has 2 rings (SSSR count). The van der Waals surface area contributed by atoms with Gasteiger partial charge in [0.2, 0.25) is 0 Å². The molecule has 1 aromatic carbocycles. The molecule has 1 saturated heterocycles. The Labute approximate surface area is 119 Å². The van der Waals surface area contributed by atoms with Crippen LogP contribution in [0.4, 0.5) is 10.1 Å². The van der Waals surface area contributed by atoms with E-state index in [0.29, 0.717) is 18.2 Å². The normalized spacial score (nSPS) is 18.5. The summed E-state index contributed by atoms with van der Waals surface area (Å²) in [5.41, 5.74) is 0.239. The lowest BCUT2D eigenvalue weighted by Crippen LogP contribution is -2.11. The number of benzene rings is 1. The largest absolute Gasteiger partial charge is 0.478 e. The zero-order valence-electron chi connectivity index (χ0n) is 10.3. The Morgan fingerprint density at radius 3 is 3.00 bits per heavy atom. The number of carboxylic acid groups (broad SMARTS) is 1. The van der Waals surface area contributed by atoms with Crippen LogP contribution in [0.15, 0.2) is 16.6 Å². The minimum Gasteiger partial charge on any atom is -0.478 e. The molecule has 1 fully saturated rings. The van der Waals surface area contributed by atoms with Gasteiger partial charge in [-0.25, -0.2) is 9.18 Å². The van der Waals surface area contributed by atoms with Crippen molar-refractivity contribution in [2.24, 2.45) is 5.92 Å². The summed E-state index contributed by atoms with van der Waals surface area (Å²) in [5, 5.41) is 11.9. The summed E-state index contributed by atoms with van der Waals surface area (Å²) in [6.45, 7) is 2.22. The summed E-state index contributed by atoms with van der Waals surface area (Å²) in [6, 6.07) is 2.84. The van der Waals surface area contributed by atoms with Gasteiger partial charge in [-0.05, 0) is 46.8 Å². The number of anilines is 1. The second-order valence-corrected chi connectivity index (χ2v) is 5.33. The van der Waals surface area contributed by atoms with Gasteiger partial charge < -0.3 is 15.2 Å². The molecule has 6 heteroatoms. The maximum atomic E-state index is 13.9. The summed E-state index contributed by atoms with van der Waals surface area (Å²) < 4.78 is 19.2. The smallest absolute Gasteiger partial charge is 0.336 e. The van der Waals surface area contributed by atoms with E-state index < -0.39 is 11.8 Å². The molecule has 1 heterocycles. The van der Waals surface area contributed by atoms with E-state index in [1.807, 2.05) is 0 Å². The van der Waals surface area contributed by atoms with Crippen molar-refractivity contribution in [1.29, 1.82) is 0 Å². The van der Waals surface area contributed by atoms with Gasteiger partial charge in [0.15, 0.2) is 5.82 Å². The van der Waals surface area contributed by atoms with E-state index in [1.54, 1.807) is 0 Å². The van der Waals surface area contributed by atoms with E-state index >= 15 is 0 Å². The van der Waals surface area contributed by atoms with Gasteiger partial charge in [0, 0.05) is 19.8 Å². The van der Waals surface area contributed by atoms with Gasteiger partial charge in [-0.3, -0.25) is 0 Å². The molecule has 1 aliphatic heterocycles. The van der Waals surface area contributed by atoms with Crippen LogP contribution in [0.3, 0.4) is 0 Å². The zero-order valence-corrected chi connectivity index (χ0v) is 11.9. The predicted octanol–water partition coefficient (Wildman–Crippen LogP) is 3.12. The maximum Gasteiger partial charge on any atom is 0.336 e. The SMILES string of the molecule is O=C(O)c1ccc(NCCC2CCOC2)c(F)c1Br. The number of rotatable bonds is 5. The Morgan fingerprint density at radius 2 is 2.37 bits per heavy atom. The van der Waals surface area contributed by atoms with Crippen LogP contribution in [0, 0.1) is 11.7 Å². The van der Waals surface area contributed by atoms with Gasteiger partial charge in [-0.15, -0.1) is 0 Å². The number of halogens is 2. The molecule has 0 radical (unpaired) electrons. The molecule has 0 spiro atoms. The van der Waals surface area contributed by atoms with Gasteiger partial charge in [0.05, 0.1) is 15.7 Å². The number of hydrogen-bond acceptors (Lipinski definition) is 3. The van der Waals surface area contributed by atoms with Crippen molar-refractivity contribution in [3.05, 3.63) is 28.0 Å². The first-order chi connectivity index (χ1) is 9.09. The lowest BCUT2D eigenvalue weighted by Gasteiger charge is -2.12. The molecule has 0 saturated carbocycles. The van der Waals surface area contributed by atoms with E-state index in [-0.39, 0.29) is 10.0 Å². The molecule has 0 aliphatic carbocycles. The number of carboxylic acids is 1. The number of aromatic carboxylic acids is 1. The van der Waals surface area contributed by atoms with Crippen molar-refractivity contribution in [2.75, 3.05) is 25.1 Å². The Hall–Kier alpha value is -1.14. The van der Waals surface area contributed by atoms with Crippen LogP contribution >= 0.6 is 15.9 Å². The summed E-state index contributed by atoms with van der Waals surface area (Å²) >= 11 is 2.97. The number of nitrogens with one attached hydrogen (secondary N) is 1. The predicted molar refractivity (Wildman–Crippen MR) is 73.1 cm³/mol. The fourth-order valence-corrected chi connectivity index (χ4v) is 2.59. The molecule has 1 atom stereocenters. The summed E-state index contributed by atoms with van der Waals surface area (Å²) in [7, 11) is 0. The second kappa shape index (κ2) is 6.34. The van der Waals surface area contributed by atoms with Crippen molar-refractivity contribution >= 4 is 27.6 Å². The average molecular weight is 332 g/mol. The van der Waals surface area contributed by atoms with Crippen molar-refractivity contribution in [3.63, 3.8) is 0 Å². The lowest BCUT2D eigenvalue weighted by molar-refractivity contribution is 0.0695. The van der Waals surface area contributed by atoms with E-state index in [4.69, 9.17) is 9.84 Å². The molecular formula is C13H15BrFNO3. The molecule has 4 nitrogen and oxygen atoms in total. The topological polar surface area (TPSA) is 58.6 Å². The van der Waals surface area contributed by atoms with Crippen molar-refractivity contribution in [2.45, 2.75) is 12.8 Å². The molecule has 1 unspecified atom stereocenters. The Bertz CT molecular complexity index is 475. The molecule has 0 aromatic heterocycles. The van der Waals surface area contributed by atoms with Gasteiger partial charge in [-0.1, -0.05) is 0 Å². The van der Waals surface area contributed by atoms with Crippen LogP contribution in [0.2, 0.25) is 0 Å². The Kier molecular flexibility index (Phi) is 4.76. The zero-order chi connectivity index (χ0) is 13.8. The summed E-state index contributed by atoms with van der Waals surface area (Å²) in [6.07, 6.45) is 1.96. The number of ether oxygens (including phenoxy) is 1. The third kappa shape index (κ3) is 3.45. The Balaban J connectivity index is 1.96. The molecule has 2 N–H and O–H groups in total. The first kappa shape index (κ1) is 14.3. The first-order valence-corrected chi connectivity index (χ1v) is 6.92. The highest BCUT2D eigenvalue weighted by Crippen LogP contribution is 2.27. The van der Waals surface area contributed by atoms with E-state index in [1.165, 1.54) is 12.1 Å². The summed E-state index contributed by atoms with van der Waals surface area (Å²) in [4.78, 5) is 10.8. The molecule has 104 valence electrons. The fraction of sp³-hybridized carbons (Fsp3) is 0.462. The fourth-order valence-electron chi connectivity index (χ4n) is 2.07. The molecular weight excluding hydrogens is 317 g/mol. The average Bonchev–Trinajstić information content (AvgIpc) is 2.87. The van der Waals surface area contributed by atoms with Crippen LogP contribution in [0.1, 0.15) is 23.2 Å². The number of hydrogen-bond donors (Lipinski definition) is 2. The van der Waals surface area contributed by atoms with Gasteiger partial charge in [-0.2, -0.15) is 0 Å². The van der Waals surface area contributed by atoms with E-state index in [0.717, 1.165) is 26.1 Å². The molecule has 1 aliphatic rings. The molecule has 1 aromatic rings. The monoisotopic (exact) mass is 331 g/mol. The summed E-state index contributed by atoms with van der Waals surface area (Å²) in [5.74, 6) is -1.19.